The molecule has 80 valence electrons. The summed E-state index contributed by atoms with van der Waals surface area (Å²) in [5, 5.41) is 8.51. The lowest BCUT2D eigenvalue weighted by atomic mass is 10.1. The van der Waals surface area contributed by atoms with Crippen molar-refractivity contribution < 1.29 is 13.2 Å². The van der Waals surface area contributed by atoms with Crippen LogP contribution >= 0.6 is 38.5 Å². The molecular weight excluding hydrogens is 386 g/mol. The molecule has 0 aliphatic rings. The molecule has 0 heterocycles. The molecule has 0 radical (unpaired) electrons. The first-order valence-corrected chi connectivity index (χ1v) is 5.66. The number of halogens is 5. The van der Waals surface area contributed by atoms with Crippen molar-refractivity contribution in [3.8, 4) is 6.07 Å². The lowest BCUT2D eigenvalue weighted by Crippen LogP contribution is -2.09. The van der Waals surface area contributed by atoms with Gasteiger partial charge in [-0.15, -0.1) is 0 Å². The number of hydrogen-bond donors (Lipinski definition) is 0. The van der Waals surface area contributed by atoms with Gasteiger partial charge in [0.15, 0.2) is 0 Å². The average Bonchev–Trinajstić information content (AvgIpc) is 2.09. The van der Waals surface area contributed by atoms with Gasteiger partial charge in [-0.2, -0.15) is 18.4 Å². The predicted octanol–water partition coefficient (Wildman–Crippen LogP) is 4.14. The molecule has 0 saturated heterocycles. The minimum Gasteiger partial charge on any atom is -0.198 e. The Bertz CT molecular complexity index is 423. The Morgan fingerprint density at radius 3 is 2.47 bits per heavy atom. The topological polar surface area (TPSA) is 23.8 Å². The normalized spacial score (nSPS) is 11.2. The molecule has 0 fully saturated rings. The zero-order valence-electron chi connectivity index (χ0n) is 7.20. The van der Waals surface area contributed by atoms with Crippen molar-refractivity contribution >= 4 is 38.5 Å². The number of alkyl halides is 3. The van der Waals surface area contributed by atoms with Gasteiger partial charge < -0.3 is 0 Å². The fraction of sp³-hybridized carbons (Fsp3) is 0.222. The minimum atomic E-state index is -4.37. The summed E-state index contributed by atoms with van der Waals surface area (Å²) in [4.78, 5) is 0. The minimum absolute atomic E-state index is 0.0389. The van der Waals surface area contributed by atoms with E-state index in [1.54, 1.807) is 22.6 Å². The Hall–Kier alpha value is -0.290. The Labute approximate surface area is 107 Å². The van der Waals surface area contributed by atoms with Crippen LogP contribution in [-0.2, 0) is 12.6 Å². The van der Waals surface area contributed by atoms with E-state index in [4.69, 9.17) is 5.26 Å². The van der Waals surface area contributed by atoms with E-state index in [1.807, 2.05) is 6.07 Å². The van der Waals surface area contributed by atoms with Gasteiger partial charge in [-0.1, -0.05) is 15.9 Å². The van der Waals surface area contributed by atoms with Crippen LogP contribution in [-0.4, -0.2) is 0 Å². The smallest absolute Gasteiger partial charge is 0.198 e. The van der Waals surface area contributed by atoms with E-state index in [0.717, 1.165) is 6.07 Å². The molecule has 1 rings (SSSR count). The molecule has 1 nitrogen and oxygen atoms in total. The molecule has 0 unspecified atom stereocenters. The first kappa shape index (κ1) is 12.8. The molecular formula is C9H4BrF3IN. The molecule has 0 N–H and O–H groups in total. The Morgan fingerprint density at radius 1 is 1.40 bits per heavy atom. The molecule has 1 aromatic carbocycles. The van der Waals surface area contributed by atoms with Crippen LogP contribution in [0.1, 0.15) is 11.1 Å². The van der Waals surface area contributed by atoms with Crippen LogP contribution in [0.25, 0.3) is 0 Å². The van der Waals surface area contributed by atoms with Gasteiger partial charge in [0.1, 0.15) is 0 Å². The second-order valence-electron chi connectivity index (χ2n) is 2.72. The molecule has 0 atom stereocenters. The van der Waals surface area contributed by atoms with Crippen LogP contribution < -0.4 is 0 Å². The zero-order chi connectivity index (χ0) is 11.6. The van der Waals surface area contributed by atoms with Crippen molar-refractivity contribution in [2.45, 2.75) is 12.6 Å². The summed E-state index contributed by atoms with van der Waals surface area (Å²) in [5.41, 5.74) is -0.315. The lowest BCUT2D eigenvalue weighted by Gasteiger charge is -2.12. The molecule has 0 spiro atoms. The quantitative estimate of drug-likeness (QED) is 0.662. The summed E-state index contributed by atoms with van der Waals surface area (Å²) in [6, 6.07) is 4.17. The average molecular weight is 390 g/mol. The Morgan fingerprint density at radius 2 is 2.00 bits per heavy atom. The molecule has 0 aliphatic carbocycles. The van der Waals surface area contributed by atoms with Crippen LogP contribution in [0.3, 0.4) is 0 Å². The summed E-state index contributed by atoms with van der Waals surface area (Å²) < 4.78 is 38.1. The summed E-state index contributed by atoms with van der Waals surface area (Å²) in [6.07, 6.45) is -4.41. The largest absolute Gasteiger partial charge is 0.417 e. The van der Waals surface area contributed by atoms with E-state index >= 15 is 0 Å². The Balaban J connectivity index is 3.36. The number of hydrogen-bond acceptors (Lipinski definition) is 1. The fourth-order valence-corrected chi connectivity index (χ4v) is 2.87. The summed E-state index contributed by atoms with van der Waals surface area (Å²) >= 11 is 4.74. The SMILES string of the molecule is N#CCc1c(Br)ccc(C(F)(F)F)c1I. The van der Waals surface area contributed by atoms with Gasteiger partial charge in [0.25, 0.3) is 0 Å². The number of nitriles is 1. The lowest BCUT2D eigenvalue weighted by molar-refractivity contribution is -0.138. The second kappa shape index (κ2) is 4.70. The highest BCUT2D eigenvalue weighted by Crippen LogP contribution is 2.36. The zero-order valence-corrected chi connectivity index (χ0v) is 10.9. The maximum atomic E-state index is 12.5. The number of nitrogens with zero attached hydrogens (tertiary/aromatic N) is 1. The molecule has 0 aliphatic heterocycles. The van der Waals surface area contributed by atoms with E-state index in [-0.39, 0.29) is 9.99 Å². The third-order valence-corrected chi connectivity index (χ3v) is 3.72. The van der Waals surface area contributed by atoms with Gasteiger partial charge in [0, 0.05) is 8.04 Å². The molecule has 0 amide bonds. The highest BCUT2D eigenvalue weighted by molar-refractivity contribution is 14.1. The van der Waals surface area contributed by atoms with Gasteiger partial charge in [0.05, 0.1) is 18.1 Å². The van der Waals surface area contributed by atoms with Crippen LogP contribution in [0.4, 0.5) is 13.2 Å². The van der Waals surface area contributed by atoms with E-state index < -0.39 is 11.7 Å². The van der Waals surface area contributed by atoms with Gasteiger partial charge >= 0.3 is 6.18 Å². The number of benzene rings is 1. The third-order valence-electron chi connectivity index (χ3n) is 1.75. The Kier molecular flexibility index (Phi) is 4.00. The molecule has 1 aromatic rings. The molecule has 0 aromatic heterocycles. The summed E-state index contributed by atoms with van der Waals surface area (Å²) in [6.45, 7) is 0. The molecule has 0 bridgehead atoms. The standard InChI is InChI=1S/C9H4BrF3IN/c10-7-2-1-6(9(11,12)13)8(14)5(7)3-4-15/h1-2H,3H2. The predicted molar refractivity (Wildman–Crippen MR) is 61.2 cm³/mol. The number of rotatable bonds is 1. The van der Waals surface area contributed by atoms with Gasteiger partial charge in [0.2, 0.25) is 0 Å². The van der Waals surface area contributed by atoms with E-state index in [0.29, 0.717) is 10.0 Å². The van der Waals surface area contributed by atoms with E-state index in [2.05, 4.69) is 15.9 Å². The highest BCUT2D eigenvalue weighted by atomic mass is 127. The van der Waals surface area contributed by atoms with Crippen molar-refractivity contribution in [3.05, 3.63) is 31.3 Å². The first-order valence-electron chi connectivity index (χ1n) is 3.79. The first-order chi connectivity index (χ1) is 6.88. The fourth-order valence-electron chi connectivity index (χ4n) is 1.06. The van der Waals surface area contributed by atoms with Crippen LogP contribution in [0.2, 0.25) is 0 Å². The van der Waals surface area contributed by atoms with Crippen LogP contribution in [0.15, 0.2) is 16.6 Å². The maximum absolute atomic E-state index is 12.5. The van der Waals surface area contributed by atoms with Crippen molar-refractivity contribution in [1.29, 1.82) is 5.26 Å². The molecule has 15 heavy (non-hydrogen) atoms. The van der Waals surface area contributed by atoms with Crippen molar-refractivity contribution in [2.24, 2.45) is 0 Å². The molecule has 0 saturated carbocycles. The third kappa shape index (κ3) is 2.84. The summed E-state index contributed by atoms with van der Waals surface area (Å²) in [7, 11) is 0. The van der Waals surface area contributed by atoms with Crippen molar-refractivity contribution in [1.82, 2.24) is 0 Å². The van der Waals surface area contributed by atoms with E-state index in [9.17, 15) is 13.2 Å². The van der Waals surface area contributed by atoms with E-state index in [1.165, 1.54) is 6.07 Å². The van der Waals surface area contributed by atoms with Gasteiger partial charge in [-0.3, -0.25) is 0 Å². The highest BCUT2D eigenvalue weighted by Gasteiger charge is 2.34. The van der Waals surface area contributed by atoms with Crippen molar-refractivity contribution in [3.63, 3.8) is 0 Å². The molecule has 6 heteroatoms. The maximum Gasteiger partial charge on any atom is 0.417 e. The van der Waals surface area contributed by atoms with Crippen LogP contribution in [0, 0.1) is 14.9 Å². The summed E-state index contributed by atoms with van der Waals surface area (Å²) in [5.74, 6) is 0. The second-order valence-corrected chi connectivity index (χ2v) is 4.65. The monoisotopic (exact) mass is 389 g/mol. The van der Waals surface area contributed by atoms with Gasteiger partial charge in [-0.05, 0) is 40.3 Å². The van der Waals surface area contributed by atoms with Crippen LogP contribution in [0.5, 0.6) is 0 Å². The van der Waals surface area contributed by atoms with Crippen molar-refractivity contribution in [2.75, 3.05) is 0 Å². The van der Waals surface area contributed by atoms with Gasteiger partial charge in [-0.25, -0.2) is 0 Å².